The monoisotopic (exact) mass is 546 g/mol. The predicted molar refractivity (Wildman–Crippen MR) is 142 cm³/mol. The summed E-state index contributed by atoms with van der Waals surface area (Å²) in [5.41, 5.74) is 2.49. The fourth-order valence-electron chi connectivity index (χ4n) is 3.96. The van der Waals surface area contributed by atoms with Gasteiger partial charge in [-0.25, -0.2) is 4.99 Å². The first-order valence-electron chi connectivity index (χ1n) is 12.0. The fraction of sp³-hybridized carbons (Fsp3) is 0.481. The molecule has 1 N–H and O–H groups in total. The summed E-state index contributed by atoms with van der Waals surface area (Å²) >= 11 is 2.21. The lowest BCUT2D eigenvalue weighted by molar-refractivity contribution is 0.100. The van der Waals surface area contributed by atoms with E-state index in [1.807, 2.05) is 42.5 Å². The van der Waals surface area contributed by atoms with Crippen molar-refractivity contribution in [2.45, 2.75) is 77.2 Å². The zero-order chi connectivity index (χ0) is 22.6. The van der Waals surface area contributed by atoms with Crippen molar-refractivity contribution in [1.82, 2.24) is 0 Å². The number of nitrogens with zero attached hydrogens (tertiary/aromatic N) is 1. The van der Waals surface area contributed by atoms with E-state index in [-0.39, 0.29) is 11.9 Å². The van der Waals surface area contributed by atoms with Gasteiger partial charge in [0.15, 0.2) is 0 Å². The molecule has 0 radical (unpaired) electrons. The minimum absolute atomic E-state index is 0.142. The van der Waals surface area contributed by atoms with Gasteiger partial charge in [0.1, 0.15) is 5.75 Å². The highest BCUT2D eigenvalue weighted by Gasteiger charge is 2.19. The molecule has 0 bridgehead atoms. The van der Waals surface area contributed by atoms with Crippen LogP contribution in [0.3, 0.4) is 0 Å². The molecule has 1 aliphatic rings. The number of rotatable bonds is 13. The third-order valence-electron chi connectivity index (χ3n) is 5.87. The van der Waals surface area contributed by atoms with Gasteiger partial charge in [-0.1, -0.05) is 76.8 Å². The lowest BCUT2D eigenvalue weighted by atomic mass is 10.1. The molecule has 0 saturated carbocycles. The number of fused-ring (bicyclic) bond motifs is 1. The van der Waals surface area contributed by atoms with E-state index < -0.39 is 0 Å². The van der Waals surface area contributed by atoms with Crippen molar-refractivity contribution < 1.29 is 9.53 Å². The van der Waals surface area contributed by atoms with Gasteiger partial charge in [0.25, 0.3) is 5.91 Å². The molecule has 1 heterocycles. The number of nitrogens with one attached hydrogen (secondary N) is 1. The molecule has 1 aliphatic heterocycles. The molecular weight excluding hydrogens is 511 g/mol. The molecule has 3 rings (SSSR count). The highest BCUT2D eigenvalue weighted by molar-refractivity contribution is 14.1. The second kappa shape index (κ2) is 13.6. The van der Waals surface area contributed by atoms with Crippen LogP contribution in [-0.4, -0.2) is 18.7 Å². The van der Waals surface area contributed by atoms with Gasteiger partial charge >= 0.3 is 0 Å². The molecule has 4 nitrogen and oxygen atoms in total. The van der Waals surface area contributed by atoms with Gasteiger partial charge < -0.3 is 10.1 Å². The molecule has 1 atom stereocenters. The van der Waals surface area contributed by atoms with Crippen LogP contribution in [0, 0.1) is 3.57 Å². The number of carbonyl (C=O) groups excluding carboxylic acids is 1. The quantitative estimate of drug-likeness (QED) is 0.205. The Balaban J connectivity index is 1.38. The minimum atomic E-state index is -0.204. The molecule has 0 aromatic heterocycles. The summed E-state index contributed by atoms with van der Waals surface area (Å²) in [5, 5.41) is 3.43. The first-order valence-corrected chi connectivity index (χ1v) is 13.1. The third-order valence-corrected chi connectivity index (χ3v) is 6.54. The molecule has 0 aliphatic carbocycles. The molecule has 172 valence electrons. The van der Waals surface area contributed by atoms with E-state index in [2.05, 4.69) is 39.8 Å². The van der Waals surface area contributed by atoms with E-state index in [0.717, 1.165) is 33.6 Å². The number of amides is 1. The van der Waals surface area contributed by atoms with Crippen molar-refractivity contribution in [3.63, 3.8) is 0 Å². The Kier molecular flexibility index (Phi) is 10.5. The Hall–Kier alpha value is -1.89. The molecule has 1 amide bonds. The van der Waals surface area contributed by atoms with Gasteiger partial charge in [0.05, 0.1) is 18.2 Å². The number of hydrogen-bond donors (Lipinski definition) is 1. The van der Waals surface area contributed by atoms with E-state index in [4.69, 9.17) is 4.74 Å². The number of halogens is 1. The molecule has 2 aromatic rings. The van der Waals surface area contributed by atoms with Crippen LogP contribution in [0.1, 0.15) is 93.1 Å². The van der Waals surface area contributed by atoms with Gasteiger partial charge in [-0.15, -0.1) is 0 Å². The normalized spacial score (nSPS) is 15.2. The Morgan fingerprint density at radius 2 is 1.56 bits per heavy atom. The number of unbranched alkanes of at least 4 members (excludes halogenated alkanes) is 9. The number of hydrogen-bond acceptors (Lipinski definition) is 3. The second-order valence-electron chi connectivity index (χ2n) is 8.49. The maximum Gasteiger partial charge on any atom is 0.278 e. The summed E-state index contributed by atoms with van der Waals surface area (Å²) in [6.45, 7) is 3.03. The van der Waals surface area contributed by atoms with Crippen molar-refractivity contribution in [1.29, 1.82) is 0 Å². The van der Waals surface area contributed by atoms with Crippen LogP contribution in [-0.2, 0) is 0 Å². The first kappa shape index (κ1) is 24.7. The number of carbonyl (C=O) groups is 1. The van der Waals surface area contributed by atoms with E-state index in [9.17, 15) is 4.79 Å². The van der Waals surface area contributed by atoms with Crippen LogP contribution in [0.4, 0.5) is 5.69 Å². The first-order chi connectivity index (χ1) is 15.7. The van der Waals surface area contributed by atoms with Crippen molar-refractivity contribution in [3.05, 3.63) is 57.2 Å². The molecule has 32 heavy (non-hydrogen) atoms. The largest absolute Gasteiger partial charge is 0.494 e. The number of benzene rings is 2. The van der Waals surface area contributed by atoms with Crippen molar-refractivity contribution in [2.24, 2.45) is 4.99 Å². The topological polar surface area (TPSA) is 50.7 Å². The standard InChI is InChI=1S/C27H35IN2O2/c1-2-3-4-5-6-7-8-9-10-11-18-32-23-15-12-21(13-16-23)26-20-29-27(31)24-19-22(28)14-17-25(24)30-26/h12-17,19-20,26,30H,2-11,18H2,1H3. The summed E-state index contributed by atoms with van der Waals surface area (Å²) in [6.07, 6.45) is 15.0. The van der Waals surface area contributed by atoms with E-state index in [1.54, 1.807) is 6.21 Å². The van der Waals surface area contributed by atoms with Crippen LogP contribution >= 0.6 is 22.6 Å². The highest BCUT2D eigenvalue weighted by Crippen LogP contribution is 2.28. The van der Waals surface area contributed by atoms with E-state index in [1.165, 1.54) is 57.8 Å². The molecule has 5 heteroatoms. The van der Waals surface area contributed by atoms with Crippen molar-refractivity contribution in [3.8, 4) is 5.75 Å². The predicted octanol–water partition coefficient (Wildman–Crippen LogP) is 7.97. The lowest BCUT2D eigenvalue weighted by Crippen LogP contribution is -2.11. The van der Waals surface area contributed by atoms with Crippen LogP contribution < -0.4 is 10.1 Å². The second-order valence-corrected chi connectivity index (χ2v) is 9.74. The molecule has 0 saturated heterocycles. The Morgan fingerprint density at radius 3 is 2.25 bits per heavy atom. The Labute approximate surface area is 206 Å². The summed E-state index contributed by atoms with van der Waals surface area (Å²) in [7, 11) is 0. The van der Waals surface area contributed by atoms with Crippen molar-refractivity contribution >= 4 is 40.4 Å². The van der Waals surface area contributed by atoms with Crippen LogP contribution in [0.15, 0.2) is 47.5 Å². The molecule has 0 spiro atoms. The summed E-state index contributed by atoms with van der Waals surface area (Å²) in [6, 6.07) is 13.8. The number of anilines is 1. The van der Waals surface area contributed by atoms with E-state index in [0.29, 0.717) is 5.56 Å². The lowest BCUT2D eigenvalue weighted by Gasteiger charge is -2.16. The van der Waals surface area contributed by atoms with Gasteiger partial charge in [0, 0.05) is 15.5 Å². The Bertz CT molecular complexity index is 880. The van der Waals surface area contributed by atoms with Gasteiger partial charge in [0.2, 0.25) is 0 Å². The zero-order valence-corrected chi connectivity index (χ0v) is 21.3. The van der Waals surface area contributed by atoms with Gasteiger partial charge in [-0.3, -0.25) is 4.79 Å². The summed E-state index contributed by atoms with van der Waals surface area (Å²) in [4.78, 5) is 16.4. The minimum Gasteiger partial charge on any atom is -0.494 e. The average molecular weight is 546 g/mol. The molecule has 2 aromatic carbocycles. The summed E-state index contributed by atoms with van der Waals surface area (Å²) in [5.74, 6) is 0.686. The molecule has 1 unspecified atom stereocenters. The smallest absolute Gasteiger partial charge is 0.278 e. The maximum atomic E-state index is 12.3. The zero-order valence-electron chi connectivity index (χ0n) is 19.1. The Morgan fingerprint density at radius 1 is 0.906 bits per heavy atom. The molecular formula is C27H35IN2O2. The van der Waals surface area contributed by atoms with Gasteiger partial charge in [-0.05, 0) is 64.9 Å². The van der Waals surface area contributed by atoms with Crippen LogP contribution in [0.2, 0.25) is 0 Å². The maximum absolute atomic E-state index is 12.3. The number of aliphatic imine (C=N–C) groups is 1. The van der Waals surface area contributed by atoms with Crippen LogP contribution in [0.5, 0.6) is 5.75 Å². The van der Waals surface area contributed by atoms with E-state index >= 15 is 0 Å². The van der Waals surface area contributed by atoms with Crippen molar-refractivity contribution in [2.75, 3.05) is 11.9 Å². The SMILES string of the molecule is CCCCCCCCCCCCOc1ccc(C2C=NC(=O)c3cc(I)ccc3N2)cc1. The highest BCUT2D eigenvalue weighted by atomic mass is 127. The summed E-state index contributed by atoms with van der Waals surface area (Å²) < 4.78 is 6.94. The van der Waals surface area contributed by atoms with Crippen LogP contribution in [0.25, 0.3) is 0 Å². The third kappa shape index (κ3) is 7.91. The molecule has 0 fully saturated rings. The van der Waals surface area contributed by atoms with Gasteiger partial charge in [-0.2, -0.15) is 0 Å². The average Bonchev–Trinajstić information content (AvgIpc) is 2.97. The fourth-order valence-corrected chi connectivity index (χ4v) is 4.45. The number of ether oxygens (including phenoxy) is 1.